The van der Waals surface area contributed by atoms with E-state index in [1.807, 2.05) is 12.1 Å². The number of ether oxygens (including phenoxy) is 1. The van der Waals surface area contributed by atoms with Crippen molar-refractivity contribution in [3.8, 4) is 0 Å². The molecule has 88 valence electrons. The third kappa shape index (κ3) is 2.71. The van der Waals surface area contributed by atoms with E-state index in [4.69, 9.17) is 9.84 Å². The molecule has 2 heterocycles. The van der Waals surface area contributed by atoms with Gasteiger partial charge in [0.05, 0.1) is 18.4 Å². The lowest BCUT2D eigenvalue weighted by molar-refractivity contribution is 0.0821. The Labute approximate surface area is 95.9 Å². The van der Waals surface area contributed by atoms with E-state index in [1.165, 1.54) is 0 Å². The van der Waals surface area contributed by atoms with Gasteiger partial charge in [0.15, 0.2) is 0 Å². The predicted molar refractivity (Wildman–Crippen MR) is 62.4 cm³/mol. The highest BCUT2D eigenvalue weighted by molar-refractivity contribution is 5.46. The van der Waals surface area contributed by atoms with Crippen LogP contribution >= 0.6 is 0 Å². The van der Waals surface area contributed by atoms with E-state index in [-0.39, 0.29) is 12.7 Å². The van der Waals surface area contributed by atoms with Crippen molar-refractivity contribution >= 4 is 5.69 Å². The van der Waals surface area contributed by atoms with Gasteiger partial charge in [0.25, 0.3) is 0 Å². The first-order chi connectivity index (χ1) is 7.79. The third-order valence-electron chi connectivity index (χ3n) is 2.78. The highest BCUT2D eigenvalue weighted by Gasteiger charge is 2.15. The summed E-state index contributed by atoms with van der Waals surface area (Å²) in [5, 5.41) is 9.06. The fourth-order valence-corrected chi connectivity index (χ4v) is 1.98. The van der Waals surface area contributed by atoms with Gasteiger partial charge in [0, 0.05) is 31.6 Å². The number of pyridine rings is 1. The first-order valence-electron chi connectivity index (χ1n) is 5.72. The number of nitrogens with zero attached hydrogens (tertiary/aromatic N) is 2. The van der Waals surface area contributed by atoms with Gasteiger partial charge in [-0.1, -0.05) is 0 Å². The largest absolute Gasteiger partial charge is 0.390 e. The second-order valence-electron chi connectivity index (χ2n) is 4.14. The number of aliphatic hydroxyl groups excluding tert-OH is 1. The second-order valence-corrected chi connectivity index (χ2v) is 4.14. The van der Waals surface area contributed by atoms with Crippen LogP contribution in [0.2, 0.25) is 0 Å². The summed E-state index contributed by atoms with van der Waals surface area (Å²) in [6.07, 6.45) is 3.05. The first kappa shape index (κ1) is 11.4. The summed E-state index contributed by atoms with van der Waals surface area (Å²) in [6, 6.07) is 3.93. The molecule has 0 amide bonds. The van der Waals surface area contributed by atoms with Crippen molar-refractivity contribution < 1.29 is 9.84 Å². The first-order valence-corrected chi connectivity index (χ1v) is 5.72. The number of hydrogen-bond donors (Lipinski definition) is 1. The summed E-state index contributed by atoms with van der Waals surface area (Å²) in [5.41, 5.74) is 1.84. The van der Waals surface area contributed by atoms with Crippen molar-refractivity contribution in [2.24, 2.45) is 0 Å². The molecule has 0 aliphatic carbocycles. The van der Waals surface area contributed by atoms with Crippen LogP contribution in [0.5, 0.6) is 0 Å². The van der Waals surface area contributed by atoms with E-state index in [2.05, 4.69) is 16.8 Å². The fourth-order valence-electron chi connectivity index (χ4n) is 1.98. The Bertz CT molecular complexity index is 344. The van der Waals surface area contributed by atoms with Crippen LogP contribution in [0.15, 0.2) is 18.3 Å². The van der Waals surface area contributed by atoms with Gasteiger partial charge < -0.3 is 14.7 Å². The lowest BCUT2D eigenvalue weighted by atomic mass is 10.2. The quantitative estimate of drug-likeness (QED) is 0.816. The van der Waals surface area contributed by atoms with Gasteiger partial charge in [-0.15, -0.1) is 0 Å². The average Bonchev–Trinajstić information content (AvgIpc) is 2.54. The Morgan fingerprint density at radius 3 is 3.31 bits per heavy atom. The molecule has 2 rings (SSSR count). The maximum absolute atomic E-state index is 9.06. The minimum Gasteiger partial charge on any atom is -0.390 e. The monoisotopic (exact) mass is 222 g/mol. The predicted octanol–water partition coefficient (Wildman–Crippen LogP) is 1.19. The summed E-state index contributed by atoms with van der Waals surface area (Å²) in [5.74, 6) is 0. The lowest BCUT2D eigenvalue weighted by Crippen LogP contribution is -2.30. The molecule has 0 bridgehead atoms. The van der Waals surface area contributed by atoms with E-state index in [9.17, 15) is 0 Å². The van der Waals surface area contributed by atoms with Crippen LogP contribution in [-0.2, 0) is 11.3 Å². The van der Waals surface area contributed by atoms with Gasteiger partial charge >= 0.3 is 0 Å². The Morgan fingerprint density at radius 2 is 2.50 bits per heavy atom. The molecule has 1 saturated heterocycles. The molecule has 0 aromatic carbocycles. The van der Waals surface area contributed by atoms with Gasteiger partial charge in [0.2, 0.25) is 0 Å². The summed E-state index contributed by atoms with van der Waals surface area (Å²) in [7, 11) is 0. The number of rotatable bonds is 2. The summed E-state index contributed by atoms with van der Waals surface area (Å²) in [4.78, 5) is 6.38. The second kappa shape index (κ2) is 5.27. The Morgan fingerprint density at radius 1 is 1.62 bits per heavy atom. The van der Waals surface area contributed by atoms with Crippen LogP contribution in [0.25, 0.3) is 0 Å². The molecule has 1 aromatic rings. The molecule has 1 unspecified atom stereocenters. The van der Waals surface area contributed by atoms with Crippen LogP contribution < -0.4 is 4.90 Å². The average molecular weight is 222 g/mol. The van der Waals surface area contributed by atoms with Crippen molar-refractivity contribution in [2.75, 3.05) is 24.6 Å². The zero-order valence-electron chi connectivity index (χ0n) is 9.59. The van der Waals surface area contributed by atoms with E-state index >= 15 is 0 Å². The molecule has 16 heavy (non-hydrogen) atoms. The highest BCUT2D eigenvalue weighted by atomic mass is 16.5. The van der Waals surface area contributed by atoms with Gasteiger partial charge in [-0.3, -0.25) is 4.98 Å². The molecule has 1 N–H and O–H groups in total. The van der Waals surface area contributed by atoms with Gasteiger partial charge in [-0.2, -0.15) is 0 Å². The topological polar surface area (TPSA) is 45.6 Å². The smallest absolute Gasteiger partial charge is 0.0853 e. The molecule has 1 aliphatic rings. The van der Waals surface area contributed by atoms with Gasteiger partial charge in [0.1, 0.15) is 0 Å². The van der Waals surface area contributed by atoms with Crippen molar-refractivity contribution in [2.45, 2.75) is 26.1 Å². The molecule has 0 spiro atoms. The minimum absolute atomic E-state index is 0.00622. The van der Waals surface area contributed by atoms with E-state index in [1.54, 1.807) is 6.20 Å². The molecule has 1 aromatic heterocycles. The SMILES string of the molecule is CC1CN(c2ccnc(CO)c2)CCCO1. The molecule has 1 aliphatic heterocycles. The number of anilines is 1. The maximum atomic E-state index is 9.06. The highest BCUT2D eigenvalue weighted by Crippen LogP contribution is 2.18. The number of hydrogen-bond acceptors (Lipinski definition) is 4. The molecular weight excluding hydrogens is 204 g/mol. The Kier molecular flexibility index (Phi) is 3.74. The van der Waals surface area contributed by atoms with Gasteiger partial charge in [-0.25, -0.2) is 0 Å². The van der Waals surface area contributed by atoms with Crippen LogP contribution in [-0.4, -0.2) is 35.9 Å². The maximum Gasteiger partial charge on any atom is 0.0853 e. The summed E-state index contributed by atoms with van der Waals surface area (Å²) in [6.45, 7) is 4.81. The Hall–Kier alpha value is -1.13. The van der Waals surface area contributed by atoms with Crippen LogP contribution in [0, 0.1) is 0 Å². The molecule has 1 atom stereocenters. The van der Waals surface area contributed by atoms with Crippen LogP contribution in [0.4, 0.5) is 5.69 Å². The van der Waals surface area contributed by atoms with E-state index < -0.39 is 0 Å². The zero-order valence-corrected chi connectivity index (χ0v) is 9.59. The van der Waals surface area contributed by atoms with Gasteiger partial charge in [-0.05, 0) is 25.5 Å². The van der Waals surface area contributed by atoms with Crippen molar-refractivity contribution in [1.82, 2.24) is 4.98 Å². The molecule has 0 saturated carbocycles. The molecule has 4 heteroatoms. The molecule has 0 radical (unpaired) electrons. The zero-order chi connectivity index (χ0) is 11.4. The molecule has 4 nitrogen and oxygen atoms in total. The van der Waals surface area contributed by atoms with Crippen molar-refractivity contribution in [1.29, 1.82) is 0 Å². The fraction of sp³-hybridized carbons (Fsp3) is 0.583. The number of aliphatic hydroxyl groups is 1. The lowest BCUT2D eigenvalue weighted by Gasteiger charge is -2.24. The normalized spacial score (nSPS) is 21.9. The number of aromatic nitrogens is 1. The van der Waals surface area contributed by atoms with Crippen molar-refractivity contribution in [3.05, 3.63) is 24.0 Å². The van der Waals surface area contributed by atoms with Crippen LogP contribution in [0.1, 0.15) is 19.0 Å². The Balaban J connectivity index is 2.14. The standard InChI is InChI=1S/C12H18N2O2/c1-10-8-14(5-2-6-16-10)12-3-4-13-11(7-12)9-15/h3-4,7,10,15H,2,5-6,8-9H2,1H3. The third-order valence-corrected chi connectivity index (χ3v) is 2.78. The van der Waals surface area contributed by atoms with Crippen molar-refractivity contribution in [3.63, 3.8) is 0 Å². The summed E-state index contributed by atoms with van der Waals surface area (Å²) >= 11 is 0. The molecular formula is C12H18N2O2. The minimum atomic E-state index is -0.00622. The molecule has 1 fully saturated rings. The van der Waals surface area contributed by atoms with E-state index in [0.29, 0.717) is 0 Å². The van der Waals surface area contributed by atoms with Crippen LogP contribution in [0.3, 0.4) is 0 Å². The van der Waals surface area contributed by atoms with E-state index in [0.717, 1.165) is 37.5 Å². The summed E-state index contributed by atoms with van der Waals surface area (Å²) < 4.78 is 5.60.